The smallest absolute Gasteiger partial charge is 0.123 e. The molecule has 0 N–H and O–H groups in total. The van der Waals surface area contributed by atoms with Gasteiger partial charge in [0.15, 0.2) is 0 Å². The number of rotatable bonds is 3. The van der Waals surface area contributed by atoms with Crippen molar-refractivity contribution in [1.29, 1.82) is 0 Å². The van der Waals surface area contributed by atoms with Crippen LogP contribution in [0.5, 0.6) is 0 Å². The van der Waals surface area contributed by atoms with Crippen molar-refractivity contribution >= 4 is 0 Å². The van der Waals surface area contributed by atoms with E-state index in [1.807, 2.05) is 6.07 Å². The summed E-state index contributed by atoms with van der Waals surface area (Å²) in [5.41, 5.74) is 0. The van der Waals surface area contributed by atoms with E-state index in [9.17, 15) is 4.39 Å². The van der Waals surface area contributed by atoms with Crippen molar-refractivity contribution in [2.75, 3.05) is 33.0 Å². The molecule has 0 aromatic carbocycles. The minimum Gasteiger partial charge on any atom is -0.468 e. The number of halogens is 1. The molecular formula is C10H14FNO2. The Hall–Kier alpha value is -0.870. The van der Waals surface area contributed by atoms with Gasteiger partial charge in [0.2, 0.25) is 0 Å². The van der Waals surface area contributed by atoms with E-state index in [-0.39, 0.29) is 6.04 Å². The van der Waals surface area contributed by atoms with Gasteiger partial charge >= 0.3 is 0 Å². The van der Waals surface area contributed by atoms with Gasteiger partial charge in [0, 0.05) is 13.1 Å². The molecule has 1 saturated heterocycles. The second-order valence-electron chi connectivity index (χ2n) is 3.33. The van der Waals surface area contributed by atoms with Crippen LogP contribution >= 0.6 is 0 Å². The lowest BCUT2D eigenvalue weighted by Gasteiger charge is -2.31. The summed E-state index contributed by atoms with van der Waals surface area (Å²) >= 11 is 0. The highest BCUT2D eigenvalue weighted by Crippen LogP contribution is 2.22. The Kier molecular flexibility index (Phi) is 3.16. The molecule has 2 heterocycles. The number of alkyl halides is 1. The third-order valence-electron chi connectivity index (χ3n) is 2.50. The number of nitrogens with zero attached hydrogens (tertiary/aromatic N) is 1. The van der Waals surface area contributed by atoms with Crippen LogP contribution in [0.15, 0.2) is 22.8 Å². The van der Waals surface area contributed by atoms with Crippen LogP contribution in [0.3, 0.4) is 0 Å². The van der Waals surface area contributed by atoms with Crippen molar-refractivity contribution in [2.45, 2.75) is 6.04 Å². The first kappa shape index (κ1) is 9.68. The molecule has 14 heavy (non-hydrogen) atoms. The predicted octanol–water partition coefficient (Wildman–Crippen LogP) is 1.62. The molecule has 0 aliphatic carbocycles. The van der Waals surface area contributed by atoms with Crippen LogP contribution in [-0.2, 0) is 4.74 Å². The molecule has 1 aliphatic heterocycles. The molecule has 0 radical (unpaired) electrons. The zero-order chi connectivity index (χ0) is 9.80. The molecule has 0 spiro atoms. The lowest BCUT2D eigenvalue weighted by atomic mass is 10.2. The van der Waals surface area contributed by atoms with Crippen molar-refractivity contribution < 1.29 is 13.5 Å². The second-order valence-corrected chi connectivity index (χ2v) is 3.33. The zero-order valence-corrected chi connectivity index (χ0v) is 7.99. The molecular weight excluding hydrogens is 185 g/mol. The molecule has 1 aliphatic rings. The number of hydrogen-bond acceptors (Lipinski definition) is 3. The van der Waals surface area contributed by atoms with E-state index in [2.05, 4.69) is 4.90 Å². The van der Waals surface area contributed by atoms with Gasteiger partial charge in [-0.25, -0.2) is 4.39 Å². The molecule has 4 heteroatoms. The van der Waals surface area contributed by atoms with Crippen molar-refractivity contribution in [3.05, 3.63) is 24.2 Å². The van der Waals surface area contributed by atoms with Crippen molar-refractivity contribution in [3.8, 4) is 0 Å². The quantitative estimate of drug-likeness (QED) is 0.739. The van der Waals surface area contributed by atoms with Crippen LogP contribution in [0, 0.1) is 0 Å². The molecule has 1 unspecified atom stereocenters. The van der Waals surface area contributed by atoms with E-state index in [4.69, 9.17) is 9.15 Å². The van der Waals surface area contributed by atoms with Crippen LogP contribution in [0.2, 0.25) is 0 Å². The Labute approximate surface area is 82.4 Å². The second kappa shape index (κ2) is 4.57. The van der Waals surface area contributed by atoms with E-state index in [0.717, 1.165) is 13.1 Å². The van der Waals surface area contributed by atoms with Crippen molar-refractivity contribution in [1.82, 2.24) is 4.90 Å². The summed E-state index contributed by atoms with van der Waals surface area (Å²) in [6.07, 6.45) is 1.58. The first-order valence-corrected chi connectivity index (χ1v) is 4.83. The highest BCUT2D eigenvalue weighted by molar-refractivity contribution is 5.05. The topological polar surface area (TPSA) is 25.6 Å². The summed E-state index contributed by atoms with van der Waals surface area (Å²) < 4.78 is 23.3. The van der Waals surface area contributed by atoms with E-state index >= 15 is 0 Å². The Bertz CT molecular complexity index is 257. The van der Waals surface area contributed by atoms with Crippen LogP contribution < -0.4 is 0 Å². The lowest BCUT2D eigenvalue weighted by Crippen LogP contribution is -2.39. The average Bonchev–Trinajstić information content (AvgIpc) is 2.74. The van der Waals surface area contributed by atoms with Crippen LogP contribution in [0.4, 0.5) is 4.39 Å². The maximum absolute atomic E-state index is 12.9. The molecule has 2 rings (SSSR count). The molecule has 1 atom stereocenters. The summed E-state index contributed by atoms with van der Waals surface area (Å²) in [6.45, 7) is 2.49. The Morgan fingerprint density at radius 1 is 1.43 bits per heavy atom. The fourth-order valence-electron chi connectivity index (χ4n) is 1.72. The molecule has 1 aromatic rings. The number of morpholine rings is 1. The van der Waals surface area contributed by atoms with E-state index in [1.165, 1.54) is 0 Å². The molecule has 0 bridgehead atoms. The molecule has 0 saturated carbocycles. The van der Waals surface area contributed by atoms with Gasteiger partial charge in [0.1, 0.15) is 12.4 Å². The summed E-state index contributed by atoms with van der Waals surface area (Å²) in [6, 6.07) is 3.37. The van der Waals surface area contributed by atoms with Gasteiger partial charge in [0.25, 0.3) is 0 Å². The number of furan rings is 1. The monoisotopic (exact) mass is 199 g/mol. The standard InChI is InChI=1S/C10H14FNO2/c11-8-9(10-2-1-5-14-10)12-3-6-13-7-4-12/h1-2,5,9H,3-4,6-8H2. The molecule has 1 aromatic heterocycles. The Balaban J connectivity index is 2.04. The third kappa shape index (κ3) is 1.96. The van der Waals surface area contributed by atoms with Crippen LogP contribution in [0.1, 0.15) is 11.8 Å². The average molecular weight is 199 g/mol. The van der Waals surface area contributed by atoms with Gasteiger partial charge in [-0.2, -0.15) is 0 Å². The predicted molar refractivity (Wildman–Crippen MR) is 49.8 cm³/mol. The molecule has 0 amide bonds. The van der Waals surface area contributed by atoms with E-state index in [0.29, 0.717) is 19.0 Å². The van der Waals surface area contributed by atoms with Gasteiger partial charge in [-0.3, -0.25) is 4.90 Å². The van der Waals surface area contributed by atoms with Gasteiger partial charge in [0.05, 0.1) is 25.5 Å². The minimum atomic E-state index is -0.409. The fraction of sp³-hybridized carbons (Fsp3) is 0.600. The van der Waals surface area contributed by atoms with Gasteiger partial charge in [-0.05, 0) is 12.1 Å². The van der Waals surface area contributed by atoms with Gasteiger partial charge in [-0.15, -0.1) is 0 Å². The van der Waals surface area contributed by atoms with Crippen LogP contribution in [0.25, 0.3) is 0 Å². The minimum absolute atomic E-state index is 0.242. The molecule has 78 valence electrons. The molecule has 3 nitrogen and oxygen atoms in total. The Morgan fingerprint density at radius 2 is 2.21 bits per heavy atom. The normalized spacial score (nSPS) is 20.9. The van der Waals surface area contributed by atoms with Crippen molar-refractivity contribution in [3.63, 3.8) is 0 Å². The maximum atomic E-state index is 12.9. The van der Waals surface area contributed by atoms with Crippen molar-refractivity contribution in [2.24, 2.45) is 0 Å². The van der Waals surface area contributed by atoms with Gasteiger partial charge in [-0.1, -0.05) is 0 Å². The largest absolute Gasteiger partial charge is 0.468 e. The number of ether oxygens (including phenoxy) is 1. The third-order valence-corrected chi connectivity index (χ3v) is 2.50. The highest BCUT2D eigenvalue weighted by atomic mass is 19.1. The zero-order valence-electron chi connectivity index (χ0n) is 7.99. The van der Waals surface area contributed by atoms with Crippen LogP contribution in [-0.4, -0.2) is 37.9 Å². The Morgan fingerprint density at radius 3 is 2.79 bits per heavy atom. The number of hydrogen-bond donors (Lipinski definition) is 0. The van der Waals surface area contributed by atoms with E-state index < -0.39 is 6.67 Å². The first-order chi connectivity index (χ1) is 6.92. The summed E-state index contributed by atoms with van der Waals surface area (Å²) in [7, 11) is 0. The molecule has 1 fully saturated rings. The maximum Gasteiger partial charge on any atom is 0.123 e. The fourth-order valence-corrected chi connectivity index (χ4v) is 1.72. The lowest BCUT2D eigenvalue weighted by molar-refractivity contribution is 0.00590. The first-order valence-electron chi connectivity index (χ1n) is 4.83. The highest BCUT2D eigenvalue weighted by Gasteiger charge is 2.24. The summed E-state index contributed by atoms with van der Waals surface area (Å²) in [5.74, 6) is 0.703. The SMILES string of the molecule is FCC(c1ccco1)N1CCOCC1. The van der Waals surface area contributed by atoms with E-state index in [1.54, 1.807) is 12.3 Å². The summed E-state index contributed by atoms with van der Waals surface area (Å²) in [4.78, 5) is 2.06. The summed E-state index contributed by atoms with van der Waals surface area (Å²) in [5, 5.41) is 0. The van der Waals surface area contributed by atoms with Gasteiger partial charge < -0.3 is 9.15 Å².